The van der Waals surface area contributed by atoms with Gasteiger partial charge in [-0.15, -0.1) is 0 Å². The largest absolute Gasteiger partial charge is 0.323 e. The van der Waals surface area contributed by atoms with Gasteiger partial charge in [-0.3, -0.25) is 0 Å². The van der Waals surface area contributed by atoms with Crippen molar-refractivity contribution in [3.05, 3.63) is 11.9 Å². The van der Waals surface area contributed by atoms with Crippen molar-refractivity contribution in [2.45, 2.75) is 52.0 Å². The highest BCUT2D eigenvalue weighted by molar-refractivity contribution is 6.99. The van der Waals surface area contributed by atoms with Crippen LogP contribution in [-0.4, -0.2) is 8.75 Å². The average molecular weight is 227 g/mol. The Labute approximate surface area is 96.4 Å². The Morgan fingerprint density at radius 3 is 2.80 bits per heavy atom. The van der Waals surface area contributed by atoms with Crippen molar-refractivity contribution < 1.29 is 0 Å². The molecule has 0 aliphatic heterocycles. The SMILES string of the molecule is CCCCC(CC)CC(N)c1cnsn1. The monoisotopic (exact) mass is 227 g/mol. The molecule has 2 N–H and O–H groups in total. The lowest BCUT2D eigenvalue weighted by Gasteiger charge is -2.17. The zero-order valence-electron chi connectivity index (χ0n) is 9.65. The zero-order valence-corrected chi connectivity index (χ0v) is 10.5. The van der Waals surface area contributed by atoms with E-state index >= 15 is 0 Å². The van der Waals surface area contributed by atoms with Crippen molar-refractivity contribution in [1.82, 2.24) is 8.75 Å². The molecule has 4 heteroatoms. The van der Waals surface area contributed by atoms with E-state index in [-0.39, 0.29) is 6.04 Å². The Hall–Kier alpha value is -0.480. The minimum atomic E-state index is 0.0746. The molecule has 1 heterocycles. The highest BCUT2D eigenvalue weighted by atomic mass is 32.1. The molecule has 0 fully saturated rings. The molecule has 0 aliphatic rings. The summed E-state index contributed by atoms with van der Waals surface area (Å²) in [5.41, 5.74) is 7.05. The second-order valence-corrected chi connectivity index (χ2v) is 4.65. The fourth-order valence-electron chi connectivity index (χ4n) is 1.80. The lowest BCUT2D eigenvalue weighted by molar-refractivity contribution is 0.386. The first-order valence-electron chi connectivity index (χ1n) is 5.80. The van der Waals surface area contributed by atoms with Crippen molar-refractivity contribution >= 4 is 11.7 Å². The van der Waals surface area contributed by atoms with E-state index in [2.05, 4.69) is 22.6 Å². The number of hydrogen-bond donors (Lipinski definition) is 1. The highest BCUT2D eigenvalue weighted by Gasteiger charge is 2.14. The second-order valence-electron chi connectivity index (χ2n) is 4.09. The normalized spacial score (nSPS) is 15.1. The third-order valence-corrected chi connectivity index (χ3v) is 3.38. The standard InChI is InChI=1S/C11H21N3S/c1-3-5-6-9(4-2)7-10(12)11-8-13-15-14-11/h8-10H,3-7,12H2,1-2H3. The lowest BCUT2D eigenvalue weighted by Crippen LogP contribution is -2.15. The van der Waals surface area contributed by atoms with Crippen molar-refractivity contribution in [1.29, 1.82) is 0 Å². The van der Waals surface area contributed by atoms with Crippen LogP contribution in [-0.2, 0) is 0 Å². The number of nitrogens with zero attached hydrogens (tertiary/aromatic N) is 2. The van der Waals surface area contributed by atoms with Gasteiger partial charge in [0.1, 0.15) is 0 Å². The lowest BCUT2D eigenvalue weighted by atomic mass is 9.91. The van der Waals surface area contributed by atoms with Gasteiger partial charge in [0.05, 0.1) is 23.6 Å². The Bertz CT molecular complexity index is 248. The third-order valence-electron chi connectivity index (χ3n) is 2.89. The molecule has 2 atom stereocenters. The van der Waals surface area contributed by atoms with Crippen LogP contribution in [0.15, 0.2) is 6.20 Å². The van der Waals surface area contributed by atoms with Gasteiger partial charge < -0.3 is 5.73 Å². The molecular formula is C11H21N3S. The minimum Gasteiger partial charge on any atom is -0.323 e. The van der Waals surface area contributed by atoms with Crippen LogP contribution in [0, 0.1) is 5.92 Å². The Morgan fingerprint density at radius 1 is 1.47 bits per heavy atom. The topological polar surface area (TPSA) is 51.8 Å². The van der Waals surface area contributed by atoms with Gasteiger partial charge in [-0.2, -0.15) is 8.75 Å². The molecular weight excluding hydrogens is 206 g/mol. The molecule has 1 rings (SSSR count). The van der Waals surface area contributed by atoms with Gasteiger partial charge >= 0.3 is 0 Å². The molecule has 3 nitrogen and oxygen atoms in total. The summed E-state index contributed by atoms with van der Waals surface area (Å²) in [5, 5.41) is 0. The number of aromatic nitrogens is 2. The number of unbranched alkanes of at least 4 members (excludes halogenated alkanes) is 1. The number of hydrogen-bond acceptors (Lipinski definition) is 4. The van der Waals surface area contributed by atoms with Gasteiger partial charge in [-0.1, -0.05) is 39.5 Å². The first kappa shape index (κ1) is 12.6. The molecule has 0 saturated carbocycles. The average Bonchev–Trinajstić information content (AvgIpc) is 2.77. The van der Waals surface area contributed by atoms with Crippen molar-refractivity contribution in [2.24, 2.45) is 11.7 Å². The predicted octanol–water partition coefficient (Wildman–Crippen LogP) is 3.14. The molecule has 0 saturated heterocycles. The highest BCUT2D eigenvalue weighted by Crippen LogP contribution is 2.24. The van der Waals surface area contributed by atoms with Crippen LogP contribution in [0.1, 0.15) is 57.7 Å². The smallest absolute Gasteiger partial charge is 0.0910 e. The summed E-state index contributed by atoms with van der Waals surface area (Å²) >= 11 is 1.24. The van der Waals surface area contributed by atoms with Crippen molar-refractivity contribution in [3.63, 3.8) is 0 Å². The maximum absolute atomic E-state index is 6.09. The molecule has 1 aromatic rings. The summed E-state index contributed by atoms with van der Waals surface area (Å²) < 4.78 is 8.18. The van der Waals surface area contributed by atoms with E-state index < -0.39 is 0 Å². The van der Waals surface area contributed by atoms with Gasteiger partial charge in [0.25, 0.3) is 0 Å². The van der Waals surface area contributed by atoms with Crippen LogP contribution in [0.3, 0.4) is 0 Å². The zero-order chi connectivity index (χ0) is 11.1. The molecule has 86 valence electrons. The molecule has 0 aromatic carbocycles. The van der Waals surface area contributed by atoms with E-state index in [1.165, 1.54) is 37.4 Å². The molecule has 0 amide bonds. The molecule has 0 spiro atoms. The van der Waals surface area contributed by atoms with Crippen molar-refractivity contribution in [2.75, 3.05) is 0 Å². The van der Waals surface area contributed by atoms with Gasteiger partial charge in [-0.05, 0) is 12.3 Å². The molecule has 15 heavy (non-hydrogen) atoms. The van der Waals surface area contributed by atoms with Crippen LogP contribution < -0.4 is 5.73 Å². The van der Waals surface area contributed by atoms with Crippen LogP contribution >= 0.6 is 11.7 Å². The molecule has 0 radical (unpaired) electrons. The van der Waals surface area contributed by atoms with E-state index in [0.29, 0.717) is 0 Å². The number of rotatable bonds is 7. The minimum absolute atomic E-state index is 0.0746. The van der Waals surface area contributed by atoms with E-state index in [4.69, 9.17) is 5.73 Å². The summed E-state index contributed by atoms with van der Waals surface area (Å²) in [7, 11) is 0. The summed E-state index contributed by atoms with van der Waals surface area (Å²) in [6.07, 6.45) is 7.91. The van der Waals surface area contributed by atoms with Gasteiger partial charge in [-0.25, -0.2) is 0 Å². The van der Waals surface area contributed by atoms with Crippen LogP contribution in [0.2, 0.25) is 0 Å². The quantitative estimate of drug-likeness (QED) is 0.778. The summed E-state index contributed by atoms with van der Waals surface area (Å²) in [6.45, 7) is 4.48. The van der Waals surface area contributed by atoms with Crippen LogP contribution in [0.5, 0.6) is 0 Å². The van der Waals surface area contributed by atoms with Crippen LogP contribution in [0.4, 0.5) is 0 Å². The van der Waals surface area contributed by atoms with Gasteiger partial charge in [0.15, 0.2) is 0 Å². The van der Waals surface area contributed by atoms with E-state index in [9.17, 15) is 0 Å². The second kappa shape index (κ2) is 6.90. The van der Waals surface area contributed by atoms with E-state index in [1.807, 2.05) is 0 Å². The molecule has 1 aromatic heterocycles. The molecule has 2 unspecified atom stereocenters. The van der Waals surface area contributed by atoms with Gasteiger partial charge in [0, 0.05) is 6.04 Å². The predicted molar refractivity (Wildman–Crippen MR) is 64.8 cm³/mol. The summed E-state index contributed by atoms with van der Waals surface area (Å²) in [6, 6.07) is 0.0746. The maximum Gasteiger partial charge on any atom is 0.0910 e. The first-order chi connectivity index (χ1) is 7.27. The summed E-state index contributed by atoms with van der Waals surface area (Å²) in [4.78, 5) is 0. The summed E-state index contributed by atoms with van der Waals surface area (Å²) in [5.74, 6) is 0.738. The van der Waals surface area contributed by atoms with Crippen molar-refractivity contribution in [3.8, 4) is 0 Å². The van der Waals surface area contributed by atoms with E-state index in [1.54, 1.807) is 6.20 Å². The first-order valence-corrected chi connectivity index (χ1v) is 6.54. The Kier molecular flexibility index (Phi) is 5.79. The fraction of sp³-hybridized carbons (Fsp3) is 0.818. The Morgan fingerprint density at radius 2 is 2.27 bits per heavy atom. The maximum atomic E-state index is 6.09. The fourth-order valence-corrected chi connectivity index (χ4v) is 2.28. The van der Waals surface area contributed by atoms with E-state index in [0.717, 1.165) is 18.0 Å². The number of nitrogens with two attached hydrogens (primary N) is 1. The van der Waals surface area contributed by atoms with Crippen LogP contribution in [0.25, 0.3) is 0 Å². The Balaban J connectivity index is 2.37. The van der Waals surface area contributed by atoms with Gasteiger partial charge in [0.2, 0.25) is 0 Å². The third kappa shape index (κ3) is 4.26. The molecule has 0 aliphatic carbocycles. The molecule has 0 bridgehead atoms.